The van der Waals surface area contributed by atoms with E-state index in [9.17, 15) is 18.3 Å². The average molecular weight is 460 g/mol. The van der Waals surface area contributed by atoms with Gasteiger partial charge in [-0.3, -0.25) is 0 Å². The Morgan fingerprint density at radius 2 is 1.47 bits per heavy atom. The largest absolute Gasteiger partial charge is 0.381 e. The first-order valence-electron chi connectivity index (χ1n) is 10.9. The molecule has 3 N–H and O–H groups in total. The summed E-state index contributed by atoms with van der Waals surface area (Å²) in [4.78, 5) is 14.3. The van der Waals surface area contributed by atoms with Gasteiger partial charge >= 0.3 is 6.03 Å². The smallest absolute Gasteiger partial charge is 0.321 e. The third-order valence-corrected chi connectivity index (χ3v) is 8.20. The number of hydrogen-bond acceptors (Lipinski definition) is 4. The Kier molecular flexibility index (Phi) is 6.97. The van der Waals surface area contributed by atoms with E-state index in [4.69, 9.17) is 0 Å². The summed E-state index contributed by atoms with van der Waals surface area (Å²) in [5.41, 5.74) is 1.03. The molecule has 32 heavy (non-hydrogen) atoms. The molecule has 1 saturated heterocycles. The minimum Gasteiger partial charge on any atom is -0.381 e. The van der Waals surface area contributed by atoms with Gasteiger partial charge in [0.05, 0.1) is 4.75 Å². The van der Waals surface area contributed by atoms with Crippen LogP contribution in [0.4, 0.5) is 10.5 Å². The molecular weight excluding hydrogens is 426 g/mol. The van der Waals surface area contributed by atoms with E-state index in [1.54, 1.807) is 56.9 Å². The summed E-state index contributed by atoms with van der Waals surface area (Å²) in [6.45, 7) is 7.70. The van der Waals surface area contributed by atoms with Crippen LogP contribution in [0, 0.1) is 0 Å². The molecule has 0 radical (unpaired) electrons. The Morgan fingerprint density at radius 3 is 2.00 bits per heavy atom. The normalized spacial score (nSPS) is 17.6. The predicted molar refractivity (Wildman–Crippen MR) is 127 cm³/mol. The van der Waals surface area contributed by atoms with Crippen molar-refractivity contribution in [3.05, 3.63) is 65.7 Å². The number of aliphatic hydroxyl groups is 1. The van der Waals surface area contributed by atoms with Crippen LogP contribution in [0.25, 0.3) is 0 Å². The zero-order chi connectivity index (χ0) is 23.6. The summed E-state index contributed by atoms with van der Waals surface area (Å²) >= 11 is 0. The highest BCUT2D eigenvalue weighted by atomic mass is 32.2. The van der Waals surface area contributed by atoms with Crippen LogP contribution < -0.4 is 10.0 Å². The molecule has 7 nitrogen and oxygen atoms in total. The molecule has 1 fully saturated rings. The van der Waals surface area contributed by atoms with Crippen molar-refractivity contribution in [2.75, 3.05) is 18.4 Å². The van der Waals surface area contributed by atoms with Crippen LogP contribution in [0.5, 0.6) is 0 Å². The maximum Gasteiger partial charge on any atom is 0.321 e. The fourth-order valence-electron chi connectivity index (χ4n) is 3.61. The Labute approximate surface area is 190 Å². The van der Waals surface area contributed by atoms with Crippen LogP contribution in [-0.2, 0) is 15.6 Å². The second-order valence-corrected chi connectivity index (χ2v) is 11.9. The number of rotatable bonds is 5. The van der Waals surface area contributed by atoms with Crippen LogP contribution in [0.15, 0.2) is 54.6 Å². The molecule has 8 heteroatoms. The van der Waals surface area contributed by atoms with E-state index in [1.807, 2.05) is 30.3 Å². The van der Waals surface area contributed by atoms with Crippen molar-refractivity contribution in [3.8, 4) is 0 Å². The summed E-state index contributed by atoms with van der Waals surface area (Å²) in [6, 6.07) is 16.2. The van der Waals surface area contributed by atoms with Gasteiger partial charge in [-0.1, -0.05) is 42.5 Å². The molecule has 1 atom stereocenters. The van der Waals surface area contributed by atoms with Crippen LogP contribution in [-0.4, -0.2) is 48.3 Å². The van der Waals surface area contributed by atoms with Crippen molar-refractivity contribution in [2.45, 2.75) is 56.9 Å². The SMILES string of the molecule is CC(O)(c1ccccc1)c1ccc(NC(=O)N2CCC(NS(=O)(=O)C(C)(C)C)CC2)cc1. The zero-order valence-corrected chi connectivity index (χ0v) is 19.9. The lowest BCUT2D eigenvalue weighted by Crippen LogP contribution is -2.50. The zero-order valence-electron chi connectivity index (χ0n) is 19.1. The highest BCUT2D eigenvalue weighted by Gasteiger charge is 2.33. The lowest BCUT2D eigenvalue weighted by atomic mass is 9.88. The molecule has 0 bridgehead atoms. The Balaban J connectivity index is 1.56. The van der Waals surface area contributed by atoms with Gasteiger partial charge in [-0.2, -0.15) is 0 Å². The van der Waals surface area contributed by atoms with E-state index in [0.29, 0.717) is 31.6 Å². The molecule has 0 saturated carbocycles. The van der Waals surface area contributed by atoms with Crippen molar-refractivity contribution < 1.29 is 18.3 Å². The lowest BCUT2D eigenvalue weighted by Gasteiger charge is -2.33. The number of piperidine rings is 1. The van der Waals surface area contributed by atoms with Crippen molar-refractivity contribution in [3.63, 3.8) is 0 Å². The minimum absolute atomic E-state index is 0.164. The second-order valence-electron chi connectivity index (χ2n) is 9.44. The average Bonchev–Trinajstić information content (AvgIpc) is 2.74. The van der Waals surface area contributed by atoms with E-state index in [-0.39, 0.29) is 12.1 Å². The van der Waals surface area contributed by atoms with Crippen molar-refractivity contribution >= 4 is 21.7 Å². The van der Waals surface area contributed by atoms with Crippen molar-refractivity contribution in [1.82, 2.24) is 9.62 Å². The number of urea groups is 1. The van der Waals surface area contributed by atoms with Gasteiger partial charge in [0, 0.05) is 24.8 Å². The summed E-state index contributed by atoms with van der Waals surface area (Å²) in [7, 11) is -3.41. The third kappa shape index (κ3) is 5.49. The molecule has 2 amide bonds. The van der Waals surface area contributed by atoms with Gasteiger partial charge in [0.1, 0.15) is 5.60 Å². The highest BCUT2D eigenvalue weighted by molar-refractivity contribution is 7.90. The van der Waals surface area contributed by atoms with Gasteiger partial charge in [0.25, 0.3) is 0 Å². The fourth-order valence-corrected chi connectivity index (χ4v) is 4.63. The van der Waals surface area contributed by atoms with E-state index in [2.05, 4.69) is 10.0 Å². The Morgan fingerprint density at radius 1 is 0.938 bits per heavy atom. The van der Waals surface area contributed by atoms with Crippen molar-refractivity contribution in [2.24, 2.45) is 0 Å². The molecule has 1 unspecified atom stereocenters. The first-order valence-corrected chi connectivity index (χ1v) is 12.3. The van der Waals surface area contributed by atoms with E-state index in [1.165, 1.54) is 0 Å². The molecule has 1 aliphatic rings. The maximum absolute atomic E-state index is 12.6. The maximum atomic E-state index is 12.6. The number of nitrogens with one attached hydrogen (secondary N) is 2. The summed E-state index contributed by atoms with van der Waals surface area (Å²) in [5.74, 6) is 0. The standard InChI is InChI=1S/C24H33N3O4S/c1-23(2,3)32(30,31)26-21-14-16-27(17-15-21)22(28)25-20-12-10-19(11-13-20)24(4,29)18-8-6-5-7-9-18/h5-13,21,26,29H,14-17H2,1-4H3,(H,25,28). The number of hydrogen-bond donors (Lipinski definition) is 3. The van der Waals surface area contributed by atoms with Crippen LogP contribution in [0.3, 0.4) is 0 Å². The number of likely N-dealkylation sites (tertiary alicyclic amines) is 1. The van der Waals surface area contributed by atoms with Gasteiger partial charge in [-0.05, 0) is 63.8 Å². The molecular formula is C24H33N3O4S. The number of amides is 2. The summed E-state index contributed by atoms with van der Waals surface area (Å²) in [5, 5.41) is 13.8. The molecule has 2 aromatic rings. The molecule has 0 aromatic heterocycles. The number of anilines is 1. The molecule has 174 valence electrons. The van der Waals surface area contributed by atoms with E-state index >= 15 is 0 Å². The molecule has 3 rings (SSSR count). The molecule has 1 heterocycles. The van der Waals surface area contributed by atoms with Crippen LogP contribution in [0.1, 0.15) is 51.7 Å². The van der Waals surface area contributed by atoms with Crippen molar-refractivity contribution in [1.29, 1.82) is 0 Å². The number of benzene rings is 2. The fraction of sp³-hybridized carbons (Fsp3) is 0.458. The van der Waals surface area contributed by atoms with Crippen LogP contribution in [0.2, 0.25) is 0 Å². The quantitative estimate of drug-likeness (QED) is 0.635. The first kappa shape index (κ1) is 24.2. The minimum atomic E-state index is -3.41. The molecule has 0 spiro atoms. The van der Waals surface area contributed by atoms with Gasteiger partial charge in [-0.25, -0.2) is 17.9 Å². The molecule has 1 aliphatic heterocycles. The first-order chi connectivity index (χ1) is 14.9. The van der Waals surface area contributed by atoms with Gasteiger partial charge in [0.15, 0.2) is 0 Å². The highest BCUT2D eigenvalue weighted by Crippen LogP contribution is 2.29. The topological polar surface area (TPSA) is 98.7 Å². The molecule has 0 aliphatic carbocycles. The molecule has 2 aromatic carbocycles. The van der Waals surface area contributed by atoms with Gasteiger partial charge in [0.2, 0.25) is 10.0 Å². The number of nitrogens with zero attached hydrogens (tertiary/aromatic N) is 1. The summed E-state index contributed by atoms with van der Waals surface area (Å²) in [6.07, 6.45) is 1.14. The number of carbonyl (C=O) groups is 1. The lowest BCUT2D eigenvalue weighted by molar-refractivity contribution is 0.102. The number of carbonyl (C=O) groups excluding carboxylic acids is 1. The Bertz CT molecular complexity index is 1020. The van der Waals surface area contributed by atoms with Gasteiger partial charge in [-0.15, -0.1) is 0 Å². The third-order valence-electron chi connectivity index (χ3n) is 5.94. The monoisotopic (exact) mass is 459 g/mol. The van der Waals surface area contributed by atoms with E-state index in [0.717, 1.165) is 11.1 Å². The van der Waals surface area contributed by atoms with Crippen LogP contribution >= 0.6 is 0 Å². The Hall–Kier alpha value is -2.42. The van der Waals surface area contributed by atoms with Gasteiger partial charge < -0.3 is 15.3 Å². The summed E-state index contributed by atoms with van der Waals surface area (Å²) < 4.78 is 26.6. The predicted octanol–water partition coefficient (Wildman–Crippen LogP) is 3.66. The number of sulfonamides is 1. The van der Waals surface area contributed by atoms with E-state index < -0.39 is 20.4 Å². The second kappa shape index (κ2) is 9.21.